The third kappa shape index (κ3) is 4.75. The molecule has 20 heavy (non-hydrogen) atoms. The highest BCUT2D eigenvalue weighted by atomic mass is 32.2. The van der Waals surface area contributed by atoms with Crippen molar-refractivity contribution >= 4 is 10.0 Å². The Balaban J connectivity index is 2.63. The van der Waals surface area contributed by atoms with Crippen LogP contribution in [-0.4, -0.2) is 41.8 Å². The van der Waals surface area contributed by atoms with Crippen LogP contribution < -0.4 is 10.0 Å². The summed E-state index contributed by atoms with van der Waals surface area (Å²) in [6.07, 6.45) is 0. The molecule has 1 rings (SSSR count). The molecule has 114 valence electrons. The van der Waals surface area contributed by atoms with Gasteiger partial charge in [0, 0.05) is 32.8 Å². The minimum absolute atomic E-state index is 0.0233. The van der Waals surface area contributed by atoms with Crippen LogP contribution in [0.25, 0.3) is 0 Å². The molecular formula is C11H15F3N2O3S. The van der Waals surface area contributed by atoms with Crippen molar-refractivity contribution in [2.45, 2.75) is 4.90 Å². The molecule has 2 N–H and O–H groups in total. The summed E-state index contributed by atoms with van der Waals surface area (Å²) in [4.78, 5) is -0.923. The van der Waals surface area contributed by atoms with Crippen LogP contribution in [0.2, 0.25) is 0 Å². The van der Waals surface area contributed by atoms with E-state index in [0.717, 1.165) is 0 Å². The van der Waals surface area contributed by atoms with Crippen molar-refractivity contribution in [2.75, 3.05) is 33.4 Å². The largest absolute Gasteiger partial charge is 0.383 e. The van der Waals surface area contributed by atoms with Gasteiger partial charge in [0.25, 0.3) is 0 Å². The van der Waals surface area contributed by atoms with E-state index in [1.807, 2.05) is 0 Å². The molecule has 0 aromatic heterocycles. The highest BCUT2D eigenvalue weighted by Crippen LogP contribution is 2.18. The average Bonchev–Trinajstić information content (AvgIpc) is 2.37. The molecule has 0 heterocycles. The van der Waals surface area contributed by atoms with E-state index in [4.69, 9.17) is 4.74 Å². The molecule has 1 aromatic rings. The summed E-state index contributed by atoms with van der Waals surface area (Å²) in [6, 6.07) is 0.506. The van der Waals surface area contributed by atoms with Gasteiger partial charge in [-0.2, -0.15) is 0 Å². The van der Waals surface area contributed by atoms with Gasteiger partial charge in [-0.15, -0.1) is 0 Å². The van der Waals surface area contributed by atoms with Crippen LogP contribution in [-0.2, 0) is 14.8 Å². The molecule has 0 bridgehead atoms. The predicted octanol–water partition coefficient (Wildman–Crippen LogP) is 0.618. The zero-order valence-electron chi connectivity index (χ0n) is 10.8. The first-order valence-corrected chi connectivity index (χ1v) is 7.20. The zero-order chi connectivity index (χ0) is 15.2. The lowest BCUT2D eigenvalue weighted by molar-refractivity contribution is 0.199. The van der Waals surface area contributed by atoms with Gasteiger partial charge in [0.1, 0.15) is 10.7 Å². The van der Waals surface area contributed by atoms with Gasteiger partial charge in [0.15, 0.2) is 11.6 Å². The SMILES string of the molecule is COCCNCCNS(=O)(=O)c1cc(F)c(F)cc1F. The van der Waals surface area contributed by atoms with Crippen LogP contribution in [0, 0.1) is 17.5 Å². The fraction of sp³-hybridized carbons (Fsp3) is 0.455. The molecule has 0 saturated heterocycles. The highest BCUT2D eigenvalue weighted by Gasteiger charge is 2.21. The Morgan fingerprint density at radius 3 is 2.35 bits per heavy atom. The van der Waals surface area contributed by atoms with E-state index in [2.05, 4.69) is 10.0 Å². The van der Waals surface area contributed by atoms with Gasteiger partial charge in [-0.05, 0) is 6.07 Å². The molecule has 0 aliphatic rings. The van der Waals surface area contributed by atoms with Crippen molar-refractivity contribution in [3.8, 4) is 0 Å². The smallest absolute Gasteiger partial charge is 0.243 e. The first kappa shape index (κ1) is 16.9. The fourth-order valence-electron chi connectivity index (χ4n) is 1.36. The molecule has 9 heteroatoms. The third-order valence-electron chi connectivity index (χ3n) is 2.34. The first-order chi connectivity index (χ1) is 9.38. The number of nitrogens with one attached hydrogen (secondary N) is 2. The second-order valence-electron chi connectivity index (χ2n) is 3.84. The molecule has 0 aliphatic carbocycles. The Labute approximate surface area is 115 Å². The lowest BCUT2D eigenvalue weighted by Gasteiger charge is -2.09. The normalized spacial score (nSPS) is 11.8. The lowest BCUT2D eigenvalue weighted by Crippen LogP contribution is -2.33. The number of hydrogen-bond acceptors (Lipinski definition) is 4. The van der Waals surface area contributed by atoms with Gasteiger partial charge in [0.05, 0.1) is 6.61 Å². The highest BCUT2D eigenvalue weighted by molar-refractivity contribution is 7.89. The van der Waals surface area contributed by atoms with Crippen LogP contribution in [0.4, 0.5) is 13.2 Å². The number of halogens is 3. The van der Waals surface area contributed by atoms with Crippen LogP contribution >= 0.6 is 0 Å². The summed E-state index contributed by atoms with van der Waals surface area (Å²) >= 11 is 0. The van der Waals surface area contributed by atoms with Gasteiger partial charge in [-0.25, -0.2) is 26.3 Å². The molecule has 5 nitrogen and oxygen atoms in total. The van der Waals surface area contributed by atoms with Crippen molar-refractivity contribution < 1.29 is 26.3 Å². The van der Waals surface area contributed by atoms with Gasteiger partial charge in [-0.3, -0.25) is 0 Å². The molecule has 0 spiro atoms. The summed E-state index contributed by atoms with van der Waals surface area (Å²) in [7, 11) is -2.70. The van der Waals surface area contributed by atoms with Gasteiger partial charge < -0.3 is 10.1 Å². The minimum atomic E-state index is -4.23. The van der Waals surface area contributed by atoms with Crippen LogP contribution in [0.5, 0.6) is 0 Å². The fourth-order valence-corrected chi connectivity index (χ4v) is 2.46. The van der Waals surface area contributed by atoms with Crippen molar-refractivity contribution in [1.82, 2.24) is 10.0 Å². The molecular weight excluding hydrogens is 297 g/mol. The Morgan fingerprint density at radius 1 is 1.05 bits per heavy atom. The van der Waals surface area contributed by atoms with Crippen molar-refractivity contribution in [3.63, 3.8) is 0 Å². The molecule has 0 unspecified atom stereocenters. The zero-order valence-corrected chi connectivity index (χ0v) is 11.6. The Bertz CT molecular complexity index is 552. The number of hydrogen-bond donors (Lipinski definition) is 2. The Morgan fingerprint density at radius 2 is 1.70 bits per heavy atom. The van der Waals surface area contributed by atoms with E-state index in [9.17, 15) is 21.6 Å². The molecule has 0 aliphatic heterocycles. The Hall–Kier alpha value is -1.16. The molecule has 0 amide bonds. The van der Waals surface area contributed by atoms with E-state index in [1.165, 1.54) is 7.11 Å². The van der Waals surface area contributed by atoms with Crippen LogP contribution in [0.1, 0.15) is 0 Å². The maximum absolute atomic E-state index is 13.3. The van der Waals surface area contributed by atoms with Crippen molar-refractivity contribution in [2.24, 2.45) is 0 Å². The molecule has 0 radical (unpaired) electrons. The van der Waals surface area contributed by atoms with E-state index in [0.29, 0.717) is 19.2 Å². The molecule has 0 saturated carbocycles. The topological polar surface area (TPSA) is 67.4 Å². The number of methoxy groups -OCH3 is 1. The van der Waals surface area contributed by atoms with Gasteiger partial charge >= 0.3 is 0 Å². The summed E-state index contributed by atoms with van der Waals surface area (Å²) in [6.45, 7) is 1.25. The molecule has 1 aromatic carbocycles. The second-order valence-corrected chi connectivity index (χ2v) is 5.57. The summed E-state index contributed by atoms with van der Waals surface area (Å²) < 4.78 is 69.3. The number of benzene rings is 1. The number of rotatable bonds is 8. The maximum Gasteiger partial charge on any atom is 0.243 e. The van der Waals surface area contributed by atoms with Crippen LogP contribution in [0.15, 0.2) is 17.0 Å². The quantitative estimate of drug-likeness (QED) is 0.545. The Kier molecular flexibility index (Phi) is 6.40. The lowest BCUT2D eigenvalue weighted by atomic mass is 10.3. The predicted molar refractivity (Wildman–Crippen MR) is 66.3 cm³/mol. The summed E-state index contributed by atoms with van der Waals surface area (Å²) in [5, 5.41) is 2.87. The van der Waals surface area contributed by atoms with Crippen molar-refractivity contribution in [3.05, 3.63) is 29.6 Å². The monoisotopic (exact) mass is 312 g/mol. The molecule has 0 atom stereocenters. The average molecular weight is 312 g/mol. The summed E-state index contributed by atoms with van der Waals surface area (Å²) in [5.74, 6) is -4.21. The third-order valence-corrected chi connectivity index (χ3v) is 3.82. The van der Waals surface area contributed by atoms with E-state index < -0.39 is 32.4 Å². The van der Waals surface area contributed by atoms with Gasteiger partial charge in [-0.1, -0.05) is 0 Å². The van der Waals surface area contributed by atoms with E-state index >= 15 is 0 Å². The summed E-state index contributed by atoms with van der Waals surface area (Å²) in [5.41, 5.74) is 0. The van der Waals surface area contributed by atoms with Gasteiger partial charge in [0.2, 0.25) is 10.0 Å². The molecule has 0 fully saturated rings. The first-order valence-electron chi connectivity index (χ1n) is 5.72. The second kappa shape index (κ2) is 7.58. The number of sulfonamides is 1. The van der Waals surface area contributed by atoms with E-state index in [1.54, 1.807) is 0 Å². The standard InChI is InChI=1S/C11H15F3N2O3S/c1-19-5-4-15-2-3-16-20(17,18)11-7-9(13)8(12)6-10(11)14/h6-7,15-16H,2-5H2,1H3. The van der Waals surface area contributed by atoms with Crippen LogP contribution in [0.3, 0.4) is 0 Å². The maximum atomic E-state index is 13.3. The number of ether oxygens (including phenoxy) is 1. The van der Waals surface area contributed by atoms with E-state index in [-0.39, 0.29) is 19.2 Å². The van der Waals surface area contributed by atoms with Crippen molar-refractivity contribution in [1.29, 1.82) is 0 Å². The minimum Gasteiger partial charge on any atom is -0.383 e.